The van der Waals surface area contributed by atoms with Gasteiger partial charge in [0.15, 0.2) is 0 Å². The summed E-state index contributed by atoms with van der Waals surface area (Å²) in [4.78, 5) is 5.33. The Hall–Kier alpha value is -4.00. The first-order chi connectivity index (χ1) is 19.2. The summed E-state index contributed by atoms with van der Waals surface area (Å²) in [6.07, 6.45) is 0. The molecule has 0 aliphatic carbocycles. The van der Waals surface area contributed by atoms with Crippen molar-refractivity contribution in [1.82, 2.24) is 9.38 Å². The van der Waals surface area contributed by atoms with Crippen molar-refractivity contribution in [3.63, 3.8) is 0 Å². The molecule has 2 aromatic heterocycles. The van der Waals surface area contributed by atoms with Crippen molar-refractivity contribution < 1.29 is 0 Å². The topological polar surface area (TPSA) is 17.3 Å². The molecule has 8 aromatic rings. The van der Waals surface area contributed by atoms with E-state index in [0.717, 1.165) is 16.7 Å². The molecule has 0 saturated heterocycles. The monoisotopic (exact) mass is 582 g/mol. The number of nitrogens with zero attached hydrogens (tertiary/aromatic N) is 2. The summed E-state index contributed by atoms with van der Waals surface area (Å²) in [7, 11) is 0. The van der Waals surface area contributed by atoms with Crippen LogP contribution >= 0.6 is 5.51 Å². The Kier molecular flexibility index (Phi) is 5.15. The summed E-state index contributed by atoms with van der Waals surface area (Å²) in [5.41, 5.74) is 2.36. The molecule has 0 fully saturated rings. The van der Waals surface area contributed by atoms with Gasteiger partial charge in [-0.2, -0.15) is 0 Å². The van der Waals surface area contributed by atoms with Gasteiger partial charge in [0, 0.05) is 0 Å². The van der Waals surface area contributed by atoms with Crippen LogP contribution in [0.2, 0.25) is 0 Å². The average Bonchev–Trinajstić information content (AvgIpc) is 3.40. The van der Waals surface area contributed by atoms with E-state index in [1.165, 1.54) is 48.4 Å². The number of aromatic nitrogens is 2. The van der Waals surface area contributed by atoms with E-state index in [1.807, 2.05) is 0 Å². The van der Waals surface area contributed by atoms with Crippen LogP contribution < -0.4 is 15.9 Å². The van der Waals surface area contributed by atoms with Gasteiger partial charge in [0.25, 0.3) is 0 Å². The van der Waals surface area contributed by atoms with Crippen LogP contribution in [0.15, 0.2) is 140 Å². The average molecular weight is 582 g/mol. The van der Waals surface area contributed by atoms with Gasteiger partial charge < -0.3 is 0 Å². The molecule has 0 amide bonds. The molecule has 39 heavy (non-hydrogen) atoms. The molecular formula is C35H23N2PSe. The van der Waals surface area contributed by atoms with Gasteiger partial charge >= 0.3 is 235 Å². The van der Waals surface area contributed by atoms with Crippen molar-refractivity contribution >= 4 is 85.6 Å². The van der Waals surface area contributed by atoms with Crippen molar-refractivity contribution in [2.45, 2.75) is 0 Å². The van der Waals surface area contributed by atoms with Gasteiger partial charge in [0.2, 0.25) is 0 Å². The van der Waals surface area contributed by atoms with Crippen LogP contribution in [0.1, 0.15) is 0 Å². The number of pyridine rings is 1. The summed E-state index contributed by atoms with van der Waals surface area (Å²) in [6.45, 7) is 0. The zero-order valence-electron chi connectivity index (χ0n) is 21.0. The molecule has 0 spiro atoms. The van der Waals surface area contributed by atoms with Crippen molar-refractivity contribution in [3.05, 3.63) is 140 Å². The number of hydrogen-bond acceptors (Lipinski definition) is 1. The van der Waals surface area contributed by atoms with E-state index in [2.05, 4.69) is 159 Å². The molecule has 8 rings (SSSR count). The van der Waals surface area contributed by atoms with Gasteiger partial charge in [-0.05, 0) is 0 Å². The van der Waals surface area contributed by atoms with Crippen molar-refractivity contribution in [1.29, 1.82) is 0 Å². The van der Waals surface area contributed by atoms with E-state index >= 15 is 0 Å². The first-order valence-electron chi connectivity index (χ1n) is 13.1. The second-order valence-corrected chi connectivity index (χ2v) is 16.2. The zero-order chi connectivity index (χ0) is 26.0. The molecular weight excluding hydrogens is 558 g/mol. The normalized spacial score (nSPS) is 12.2. The summed E-state index contributed by atoms with van der Waals surface area (Å²) in [5.74, 6) is 0. The fourth-order valence-corrected chi connectivity index (χ4v) is 10.9. The van der Waals surface area contributed by atoms with E-state index in [0.29, 0.717) is 0 Å². The molecule has 0 saturated carbocycles. The Morgan fingerprint density at radius 2 is 1.08 bits per heavy atom. The Labute approximate surface area is 233 Å². The number of hydrogen-bond donors (Lipinski definition) is 0. The zero-order valence-corrected chi connectivity index (χ0v) is 23.6. The van der Waals surface area contributed by atoms with Crippen molar-refractivity contribution in [2.75, 3.05) is 0 Å². The Bertz CT molecular complexity index is 2210. The van der Waals surface area contributed by atoms with Crippen LogP contribution in [0.5, 0.6) is 0 Å². The quantitative estimate of drug-likeness (QED) is 0.0925. The van der Waals surface area contributed by atoms with E-state index in [-0.39, 0.29) is 0 Å². The third kappa shape index (κ3) is 3.41. The maximum atomic E-state index is 5.33. The van der Waals surface area contributed by atoms with Crippen LogP contribution in [0, 0.1) is 0 Å². The summed E-state index contributed by atoms with van der Waals surface area (Å²) in [6, 6.07) is 50.5. The van der Waals surface area contributed by atoms with Crippen molar-refractivity contribution in [2.24, 2.45) is 0 Å². The first kappa shape index (κ1) is 22.9. The van der Waals surface area contributed by atoms with E-state index < -0.39 is 5.51 Å². The predicted molar refractivity (Wildman–Crippen MR) is 170 cm³/mol. The van der Waals surface area contributed by atoms with Gasteiger partial charge in [-0.15, -0.1) is 0 Å². The number of rotatable bonds is 3. The Morgan fingerprint density at radius 3 is 1.77 bits per heavy atom. The van der Waals surface area contributed by atoms with Crippen molar-refractivity contribution in [3.8, 4) is 0 Å². The molecule has 0 bridgehead atoms. The Morgan fingerprint density at radius 1 is 0.487 bits per heavy atom. The molecule has 6 aromatic carbocycles. The predicted octanol–water partition coefficient (Wildman–Crippen LogP) is 7.32. The molecule has 2 heterocycles. The van der Waals surface area contributed by atoms with Crippen LogP contribution in [0.4, 0.5) is 0 Å². The minimum atomic E-state index is -1.98. The second kappa shape index (κ2) is 8.76. The fraction of sp³-hybridized carbons (Fsp3) is 0. The first-order valence-corrected chi connectivity index (χ1v) is 17.1. The van der Waals surface area contributed by atoms with Gasteiger partial charge in [-0.3, -0.25) is 0 Å². The molecule has 0 unspecified atom stereocenters. The summed E-state index contributed by atoms with van der Waals surface area (Å²) >= 11 is 3.69. The number of imidazole rings is 1. The number of fused-ring (bicyclic) bond motifs is 9. The SMILES string of the molecule is [Se]=P(c1ccccc1)(c1ccccc1)c1ccc2c(c1)nc1c3cc4ccccc4cc3c3ccccc3n21. The minimum absolute atomic E-state index is 1.00. The van der Waals surface area contributed by atoms with E-state index in [4.69, 9.17) is 4.98 Å². The van der Waals surface area contributed by atoms with Gasteiger partial charge in [-0.1, -0.05) is 0 Å². The van der Waals surface area contributed by atoms with Crippen LogP contribution in [-0.4, -0.2) is 24.5 Å². The maximum absolute atomic E-state index is 5.33. The summed E-state index contributed by atoms with van der Waals surface area (Å²) in [5, 5.41) is 10.1. The molecule has 0 aliphatic rings. The molecule has 0 atom stereocenters. The van der Waals surface area contributed by atoms with E-state index in [9.17, 15) is 0 Å². The number of benzene rings is 6. The molecule has 184 valence electrons. The van der Waals surface area contributed by atoms with Crippen LogP contribution in [0.3, 0.4) is 0 Å². The third-order valence-electron chi connectivity index (χ3n) is 7.80. The van der Waals surface area contributed by atoms with E-state index in [1.54, 1.807) is 0 Å². The molecule has 2 nitrogen and oxygen atoms in total. The van der Waals surface area contributed by atoms with Gasteiger partial charge in [-0.25, -0.2) is 0 Å². The van der Waals surface area contributed by atoms with Crippen LogP contribution in [-0.2, 0) is 0 Å². The standard InChI is InChI=1S/C35H23N2PSe/c39-38(26-13-3-1-4-14-26,27-15-5-2-6-16-27)28-19-20-34-32(23-28)36-35-31-22-25-12-8-7-11-24(25)21-30(31)29-17-9-10-18-33(29)37(34)35/h1-23H. The molecule has 0 N–H and O–H groups in total. The second-order valence-electron chi connectivity index (χ2n) is 9.99. The number of para-hydroxylation sites is 1. The third-order valence-corrected chi connectivity index (χ3v) is 14.8. The molecule has 0 radical (unpaired) electrons. The van der Waals surface area contributed by atoms with Gasteiger partial charge in [0.1, 0.15) is 0 Å². The van der Waals surface area contributed by atoms with Gasteiger partial charge in [0.05, 0.1) is 0 Å². The molecule has 4 heteroatoms. The fourth-order valence-electron chi connectivity index (χ4n) is 5.96. The van der Waals surface area contributed by atoms with Crippen LogP contribution in [0.25, 0.3) is 49.1 Å². The molecule has 0 aliphatic heterocycles. The Balaban J connectivity index is 1.48. The summed E-state index contributed by atoms with van der Waals surface area (Å²) < 4.78 is 2.34.